The van der Waals surface area contributed by atoms with Crippen LogP contribution in [-0.2, 0) is 6.42 Å². The van der Waals surface area contributed by atoms with Crippen LogP contribution in [0, 0.1) is 18.8 Å². The Hall–Kier alpha value is -2.72. The molecule has 22 heavy (non-hydrogen) atoms. The summed E-state index contributed by atoms with van der Waals surface area (Å²) in [5.74, 6) is 7.38. The predicted octanol–water partition coefficient (Wildman–Crippen LogP) is 5.37. The van der Waals surface area contributed by atoms with Crippen molar-refractivity contribution in [1.29, 1.82) is 0 Å². The van der Waals surface area contributed by atoms with E-state index in [-0.39, 0.29) is 0 Å². The molecule has 0 aliphatic heterocycles. The Morgan fingerprint density at radius 3 is 2.77 bits per heavy atom. The Kier molecular flexibility index (Phi) is 3.09. The lowest BCUT2D eigenvalue weighted by Gasteiger charge is -2.07. The van der Waals surface area contributed by atoms with Crippen LogP contribution in [0.1, 0.15) is 23.3 Å². The smallest absolute Gasteiger partial charge is 0.136 e. The van der Waals surface area contributed by atoms with Gasteiger partial charge >= 0.3 is 0 Å². The summed E-state index contributed by atoms with van der Waals surface area (Å²) in [5, 5.41) is 1.20. The molecule has 0 amide bonds. The first-order valence-electron chi connectivity index (χ1n) is 7.56. The third-order valence-corrected chi connectivity index (χ3v) is 4.03. The molecule has 0 bridgehead atoms. The van der Waals surface area contributed by atoms with Gasteiger partial charge in [0.05, 0.1) is 0 Å². The Balaban J connectivity index is 2.07. The zero-order valence-corrected chi connectivity index (χ0v) is 12.5. The number of allylic oxidation sites excluding steroid dienone is 1. The number of benzene rings is 2. The highest BCUT2D eigenvalue weighted by Crippen LogP contribution is 2.37. The van der Waals surface area contributed by atoms with Gasteiger partial charge in [-0.3, -0.25) is 0 Å². The van der Waals surface area contributed by atoms with Crippen molar-refractivity contribution in [2.75, 3.05) is 0 Å². The number of rotatable bonds is 1. The lowest BCUT2D eigenvalue weighted by molar-refractivity contribution is 0.599. The van der Waals surface area contributed by atoms with Crippen LogP contribution in [0.2, 0.25) is 0 Å². The summed E-state index contributed by atoms with van der Waals surface area (Å²) in [6, 6.07) is 14.9. The van der Waals surface area contributed by atoms with Crippen LogP contribution in [-0.4, -0.2) is 0 Å². The Morgan fingerprint density at radius 1 is 1.05 bits per heavy atom. The Morgan fingerprint density at radius 2 is 1.91 bits per heavy atom. The summed E-state index contributed by atoms with van der Waals surface area (Å²) < 4.78 is 6.11. The maximum Gasteiger partial charge on any atom is 0.136 e. The average Bonchev–Trinajstić information content (AvgIpc) is 2.84. The molecule has 0 saturated heterocycles. The van der Waals surface area contributed by atoms with Crippen LogP contribution in [0.25, 0.3) is 28.2 Å². The van der Waals surface area contributed by atoms with Crippen molar-refractivity contribution >= 4 is 17.0 Å². The lowest BCUT2D eigenvalue weighted by atomic mass is 9.95. The normalized spacial score (nSPS) is 14.6. The van der Waals surface area contributed by atoms with Gasteiger partial charge in [-0.2, -0.15) is 0 Å². The third-order valence-electron chi connectivity index (χ3n) is 4.03. The first-order valence-corrected chi connectivity index (χ1v) is 7.56. The van der Waals surface area contributed by atoms with E-state index in [0.717, 1.165) is 24.2 Å². The van der Waals surface area contributed by atoms with E-state index in [1.807, 2.05) is 6.07 Å². The van der Waals surface area contributed by atoms with Crippen LogP contribution in [0.4, 0.5) is 0 Å². The van der Waals surface area contributed by atoms with E-state index in [0.29, 0.717) is 0 Å². The van der Waals surface area contributed by atoms with Gasteiger partial charge < -0.3 is 4.42 Å². The maximum atomic E-state index is 6.11. The van der Waals surface area contributed by atoms with Gasteiger partial charge in [-0.25, -0.2) is 0 Å². The van der Waals surface area contributed by atoms with Gasteiger partial charge in [0.15, 0.2) is 0 Å². The van der Waals surface area contributed by atoms with Gasteiger partial charge in [-0.1, -0.05) is 54.3 Å². The van der Waals surface area contributed by atoms with E-state index in [4.69, 9.17) is 4.42 Å². The van der Waals surface area contributed by atoms with Gasteiger partial charge in [0, 0.05) is 23.8 Å². The molecule has 0 spiro atoms. The summed E-state index contributed by atoms with van der Waals surface area (Å²) in [7, 11) is 0. The highest BCUT2D eigenvalue weighted by Gasteiger charge is 2.17. The molecule has 0 saturated carbocycles. The Bertz CT molecular complexity index is 931. The zero-order chi connectivity index (χ0) is 14.9. The number of aryl methyl sites for hydroxylation is 1. The maximum absolute atomic E-state index is 6.11. The topological polar surface area (TPSA) is 13.1 Å². The minimum atomic E-state index is 0.746. The highest BCUT2D eigenvalue weighted by molar-refractivity contribution is 5.99. The Labute approximate surface area is 130 Å². The molecule has 3 aromatic rings. The second-order valence-electron chi connectivity index (χ2n) is 5.63. The van der Waals surface area contributed by atoms with Crippen molar-refractivity contribution in [1.82, 2.24) is 0 Å². The minimum absolute atomic E-state index is 0.746. The summed E-state index contributed by atoms with van der Waals surface area (Å²) in [6.45, 7) is 2.11. The average molecular weight is 284 g/mol. The molecule has 1 aliphatic carbocycles. The van der Waals surface area contributed by atoms with Crippen LogP contribution in [0.3, 0.4) is 0 Å². The molecular formula is C21H16O. The summed E-state index contributed by atoms with van der Waals surface area (Å²) >= 11 is 0. The first kappa shape index (κ1) is 13.0. The van der Waals surface area contributed by atoms with E-state index in [9.17, 15) is 0 Å². The molecule has 0 N–H and O–H groups in total. The molecule has 1 nitrogen and oxygen atoms in total. The van der Waals surface area contributed by atoms with Gasteiger partial charge in [0.1, 0.15) is 11.3 Å². The van der Waals surface area contributed by atoms with Crippen LogP contribution in [0.15, 0.2) is 53.0 Å². The van der Waals surface area contributed by atoms with Gasteiger partial charge in [-0.15, -0.1) is 0 Å². The summed E-state index contributed by atoms with van der Waals surface area (Å²) in [4.78, 5) is 0. The van der Waals surface area contributed by atoms with Crippen LogP contribution < -0.4 is 0 Å². The molecule has 1 heteroatoms. The monoisotopic (exact) mass is 284 g/mol. The molecule has 106 valence electrons. The molecule has 0 fully saturated rings. The van der Waals surface area contributed by atoms with E-state index < -0.39 is 0 Å². The largest absolute Gasteiger partial charge is 0.456 e. The molecule has 0 atom stereocenters. The molecule has 4 rings (SSSR count). The van der Waals surface area contributed by atoms with Crippen molar-refractivity contribution < 1.29 is 4.42 Å². The quantitative estimate of drug-likeness (QED) is 0.547. The SMILES string of the molecule is Cc1cc(-c2ccccc2)c2c3c(oc2c1)/C=C\CC#CC3. The van der Waals surface area contributed by atoms with Crippen LogP contribution in [0.5, 0.6) is 0 Å². The number of hydrogen-bond acceptors (Lipinski definition) is 1. The van der Waals surface area contributed by atoms with Crippen molar-refractivity contribution in [3.63, 3.8) is 0 Å². The lowest BCUT2D eigenvalue weighted by Crippen LogP contribution is -1.88. The fraction of sp³-hybridized carbons (Fsp3) is 0.143. The van der Waals surface area contributed by atoms with E-state index in [1.165, 1.54) is 27.6 Å². The summed E-state index contributed by atoms with van der Waals surface area (Å²) in [6.07, 6.45) is 5.67. The molecule has 0 radical (unpaired) electrons. The first-order chi connectivity index (χ1) is 10.8. The van der Waals surface area contributed by atoms with Crippen molar-refractivity contribution in [2.45, 2.75) is 19.8 Å². The molecule has 1 aliphatic rings. The standard InChI is InChI=1S/C21H16O/c1-15-13-18(16-9-5-4-6-10-16)21-17-11-7-2-3-8-12-19(17)22-20(21)14-15/h4-6,8-10,12-14H,3,11H2,1H3/b12-8-. The molecule has 0 unspecified atom stereocenters. The van der Waals surface area contributed by atoms with Crippen molar-refractivity contribution in [3.05, 3.63) is 65.4 Å². The highest BCUT2D eigenvalue weighted by atomic mass is 16.3. The van der Waals surface area contributed by atoms with E-state index >= 15 is 0 Å². The molecule has 1 heterocycles. The summed E-state index contributed by atoms with van der Waals surface area (Å²) in [5.41, 5.74) is 5.83. The van der Waals surface area contributed by atoms with Gasteiger partial charge in [0.2, 0.25) is 0 Å². The van der Waals surface area contributed by atoms with Crippen molar-refractivity contribution in [2.24, 2.45) is 0 Å². The zero-order valence-electron chi connectivity index (χ0n) is 12.5. The second kappa shape index (κ2) is 5.24. The van der Waals surface area contributed by atoms with E-state index in [2.05, 4.69) is 67.3 Å². The number of furan rings is 1. The fourth-order valence-corrected chi connectivity index (χ4v) is 3.05. The second-order valence-corrected chi connectivity index (χ2v) is 5.63. The number of fused-ring (bicyclic) bond motifs is 3. The molecule has 2 aromatic carbocycles. The fourth-order valence-electron chi connectivity index (χ4n) is 3.05. The van der Waals surface area contributed by atoms with Gasteiger partial charge in [0.25, 0.3) is 0 Å². The van der Waals surface area contributed by atoms with Gasteiger partial charge in [-0.05, 0) is 35.8 Å². The van der Waals surface area contributed by atoms with Crippen molar-refractivity contribution in [3.8, 4) is 23.0 Å². The predicted molar refractivity (Wildman–Crippen MR) is 91.5 cm³/mol. The van der Waals surface area contributed by atoms with Crippen LogP contribution >= 0.6 is 0 Å². The molecule has 1 aromatic heterocycles. The molecular weight excluding hydrogens is 268 g/mol. The third kappa shape index (κ3) is 2.14. The van der Waals surface area contributed by atoms with E-state index in [1.54, 1.807) is 0 Å². The number of hydrogen-bond donors (Lipinski definition) is 0. The minimum Gasteiger partial charge on any atom is -0.456 e.